The van der Waals surface area contributed by atoms with Crippen molar-refractivity contribution in [2.45, 2.75) is 405 Å². The van der Waals surface area contributed by atoms with E-state index in [4.69, 9.17) is 18.9 Å². The fraction of sp³-hybridized carbons (Fsp3) is 0.864. The van der Waals surface area contributed by atoms with E-state index in [0.717, 1.165) is 64.2 Å². The van der Waals surface area contributed by atoms with E-state index in [2.05, 4.69) is 62.5 Å². The quantitative estimate of drug-likeness (QED) is 0.0195. The van der Waals surface area contributed by atoms with Crippen LogP contribution in [-0.4, -0.2) is 82.3 Å². The second-order valence-electron chi connectivity index (χ2n) is 28.0. The van der Waals surface area contributed by atoms with E-state index in [9.17, 15) is 19.5 Å². The van der Waals surface area contributed by atoms with Gasteiger partial charge in [-0.3, -0.25) is 9.59 Å². The van der Waals surface area contributed by atoms with Crippen LogP contribution in [-0.2, 0) is 33.3 Å². The number of carbonyl (C=O) groups is 3. The summed E-state index contributed by atoms with van der Waals surface area (Å²) >= 11 is 0. The number of allylic oxidation sites excluding steroid dienone is 8. The van der Waals surface area contributed by atoms with E-state index in [0.29, 0.717) is 17.4 Å². The molecule has 0 aliphatic rings. The highest BCUT2D eigenvalue weighted by Crippen LogP contribution is 2.20. The molecular weight excluding hydrogens is 1110 g/mol. The van der Waals surface area contributed by atoms with Gasteiger partial charge < -0.3 is 33.3 Å². The topological polar surface area (TPSA) is 111 Å². The predicted molar refractivity (Wildman–Crippen MR) is 385 cm³/mol. The van der Waals surface area contributed by atoms with Crippen LogP contribution in [0.1, 0.15) is 393 Å². The fourth-order valence-corrected chi connectivity index (χ4v) is 11.9. The molecule has 0 aromatic carbocycles. The average molecular weight is 1270 g/mol. The molecule has 0 heterocycles. The van der Waals surface area contributed by atoms with Crippen LogP contribution >= 0.6 is 0 Å². The zero-order valence-corrected chi connectivity index (χ0v) is 60.5. The Morgan fingerprint density at radius 3 is 0.944 bits per heavy atom. The number of carbonyl (C=O) groups excluding carboxylic acids is 3. The lowest BCUT2D eigenvalue weighted by Gasteiger charge is -2.26. The van der Waals surface area contributed by atoms with Crippen LogP contribution in [0.25, 0.3) is 0 Å². The number of ether oxygens (including phenoxy) is 4. The molecule has 0 spiro atoms. The summed E-state index contributed by atoms with van der Waals surface area (Å²) in [4.78, 5) is 37.6. The Hall–Kier alpha value is -2.75. The summed E-state index contributed by atoms with van der Waals surface area (Å²) in [6.45, 7) is 4.72. The first-order valence-electron chi connectivity index (χ1n) is 39.3. The van der Waals surface area contributed by atoms with Crippen LogP contribution in [0, 0.1) is 0 Å². The Morgan fingerprint density at radius 2 is 0.633 bits per heavy atom. The van der Waals surface area contributed by atoms with Crippen molar-refractivity contribution < 1.29 is 42.9 Å². The molecule has 0 saturated heterocycles. The van der Waals surface area contributed by atoms with Gasteiger partial charge in [0.1, 0.15) is 13.2 Å². The Morgan fingerprint density at radius 1 is 0.344 bits per heavy atom. The molecule has 90 heavy (non-hydrogen) atoms. The largest absolute Gasteiger partial charge is 0.545 e. The van der Waals surface area contributed by atoms with Gasteiger partial charge in [-0.25, -0.2) is 0 Å². The van der Waals surface area contributed by atoms with Crippen LogP contribution in [0.5, 0.6) is 0 Å². The van der Waals surface area contributed by atoms with E-state index < -0.39 is 24.3 Å². The Balaban J connectivity index is 3.93. The van der Waals surface area contributed by atoms with E-state index in [1.54, 1.807) is 0 Å². The summed E-state index contributed by atoms with van der Waals surface area (Å²) in [7, 11) is 5.95. The molecule has 0 fully saturated rings. The average Bonchev–Trinajstić information content (AvgIpc) is 3.73. The van der Waals surface area contributed by atoms with Crippen molar-refractivity contribution in [3.05, 3.63) is 48.6 Å². The van der Waals surface area contributed by atoms with Crippen LogP contribution < -0.4 is 5.11 Å². The minimum atomic E-state index is -1.62. The van der Waals surface area contributed by atoms with Gasteiger partial charge in [0, 0.05) is 12.8 Å². The Labute approximate surface area is 559 Å². The second kappa shape index (κ2) is 72.1. The van der Waals surface area contributed by atoms with Gasteiger partial charge >= 0.3 is 11.9 Å². The molecular formula is C81H151NO8. The van der Waals surface area contributed by atoms with Crippen molar-refractivity contribution in [2.24, 2.45) is 0 Å². The summed E-state index contributed by atoms with van der Waals surface area (Å²) in [5, 5.41) is 11.8. The normalized spacial score (nSPS) is 12.9. The van der Waals surface area contributed by atoms with Crippen molar-refractivity contribution in [3.63, 3.8) is 0 Å². The first-order valence-corrected chi connectivity index (χ1v) is 39.3. The van der Waals surface area contributed by atoms with Crippen molar-refractivity contribution in [2.75, 3.05) is 47.5 Å². The molecule has 0 N–H and O–H groups in total. The number of aliphatic carboxylic acids is 1. The number of nitrogens with zero attached hydrogens (tertiary/aromatic N) is 1. The predicted octanol–water partition coefficient (Wildman–Crippen LogP) is 23.5. The number of quaternary nitrogens is 1. The van der Waals surface area contributed by atoms with Crippen molar-refractivity contribution in [3.8, 4) is 0 Å². The zero-order chi connectivity index (χ0) is 65.4. The number of likely N-dealkylation sites (N-methyl/N-ethyl adjacent to an activating group) is 1. The van der Waals surface area contributed by atoms with Gasteiger partial charge in [0.05, 0.1) is 40.3 Å². The summed E-state index contributed by atoms with van der Waals surface area (Å²) in [6.07, 6.45) is 91.0. The monoisotopic (exact) mass is 1270 g/mol. The van der Waals surface area contributed by atoms with Crippen molar-refractivity contribution >= 4 is 17.9 Å². The molecule has 0 radical (unpaired) electrons. The van der Waals surface area contributed by atoms with Crippen molar-refractivity contribution in [1.29, 1.82) is 0 Å². The lowest BCUT2D eigenvalue weighted by Crippen LogP contribution is -2.44. The second-order valence-corrected chi connectivity index (χ2v) is 28.0. The molecule has 2 atom stereocenters. The van der Waals surface area contributed by atoms with Gasteiger partial charge in [0.15, 0.2) is 12.4 Å². The standard InChI is InChI=1S/C81H151NO8/c1-6-8-10-12-14-16-18-20-22-24-26-28-30-32-33-34-35-36-37-38-39-40-41-42-43-44-45-46-47-48-50-52-54-56-58-60-62-64-66-68-70-72-79(84)90-77(76-89-81(80(85)86)87-74-73-82(3,4)5)75-88-78(83)71-69-67-65-63-61-59-57-55-53-51-49-31-29-27-25-23-21-19-17-15-13-11-9-7-2/h8,10,14,16,20,22,26,28,77,81H,6-7,9,11-13,15,17-19,21,23-25,27,29-76H2,1-5H3/b10-8-,16-14-,22-20-,28-26-. The number of carboxylic acids is 1. The number of rotatable bonds is 74. The third-order valence-electron chi connectivity index (χ3n) is 17.8. The minimum Gasteiger partial charge on any atom is -0.545 e. The molecule has 0 aromatic rings. The maximum absolute atomic E-state index is 13.0. The lowest BCUT2D eigenvalue weighted by molar-refractivity contribution is -0.870. The summed E-state index contributed by atoms with van der Waals surface area (Å²) < 4.78 is 22.9. The third kappa shape index (κ3) is 72.7. The molecule has 528 valence electrons. The summed E-state index contributed by atoms with van der Waals surface area (Å²) in [6, 6.07) is 0. The van der Waals surface area contributed by atoms with Crippen LogP contribution in [0.3, 0.4) is 0 Å². The van der Waals surface area contributed by atoms with Crippen molar-refractivity contribution in [1.82, 2.24) is 0 Å². The van der Waals surface area contributed by atoms with Gasteiger partial charge in [0.25, 0.3) is 0 Å². The highest BCUT2D eigenvalue weighted by atomic mass is 16.7. The van der Waals surface area contributed by atoms with Crippen LogP contribution in [0.4, 0.5) is 0 Å². The van der Waals surface area contributed by atoms with Gasteiger partial charge in [-0.1, -0.05) is 377 Å². The summed E-state index contributed by atoms with van der Waals surface area (Å²) in [5.74, 6) is -2.25. The van der Waals surface area contributed by atoms with Gasteiger partial charge in [-0.05, 0) is 51.4 Å². The first kappa shape index (κ1) is 87.2. The fourth-order valence-electron chi connectivity index (χ4n) is 11.9. The smallest absolute Gasteiger partial charge is 0.306 e. The highest BCUT2D eigenvalue weighted by Gasteiger charge is 2.22. The number of unbranched alkanes of at least 4 members (excludes halogenated alkanes) is 51. The van der Waals surface area contributed by atoms with E-state index in [-0.39, 0.29) is 32.2 Å². The molecule has 0 aliphatic heterocycles. The molecule has 0 saturated carbocycles. The Kier molecular flexibility index (Phi) is 69.9. The maximum Gasteiger partial charge on any atom is 0.306 e. The number of carboxylic acid groups (broad SMARTS) is 1. The SMILES string of the molecule is CC/C=C\C/C=C\C/C=C\C/C=C\CCCCCCCCCCCCCCCCCCCCCCCCCCCCCCC(=O)OC(COC(=O)CCCCCCCCCCCCCCCCCCCCCCCCCC)COC(OCC[N+](C)(C)C)C(=O)[O-]. The summed E-state index contributed by atoms with van der Waals surface area (Å²) in [5.41, 5.74) is 0. The lowest BCUT2D eigenvalue weighted by atomic mass is 10.0. The van der Waals surface area contributed by atoms with Gasteiger partial charge in [0.2, 0.25) is 0 Å². The number of hydrogen-bond acceptors (Lipinski definition) is 8. The van der Waals surface area contributed by atoms with E-state index in [1.807, 2.05) is 21.1 Å². The highest BCUT2D eigenvalue weighted by molar-refractivity contribution is 5.70. The molecule has 0 aromatic heterocycles. The molecule has 0 aliphatic carbocycles. The molecule has 0 rings (SSSR count). The van der Waals surface area contributed by atoms with Gasteiger partial charge in [-0.15, -0.1) is 0 Å². The molecule has 0 bridgehead atoms. The molecule has 2 unspecified atom stereocenters. The zero-order valence-electron chi connectivity index (χ0n) is 60.5. The van der Waals surface area contributed by atoms with Crippen LogP contribution in [0.15, 0.2) is 48.6 Å². The first-order chi connectivity index (χ1) is 44.1. The molecule has 0 amide bonds. The third-order valence-corrected chi connectivity index (χ3v) is 17.8. The maximum atomic E-state index is 13.0. The molecule has 9 heteroatoms. The van der Waals surface area contributed by atoms with Gasteiger partial charge in [-0.2, -0.15) is 0 Å². The number of esters is 2. The number of hydrogen-bond donors (Lipinski definition) is 0. The van der Waals surface area contributed by atoms with Crippen LogP contribution in [0.2, 0.25) is 0 Å². The molecule has 9 nitrogen and oxygen atoms in total. The van der Waals surface area contributed by atoms with E-state index in [1.165, 1.54) is 302 Å². The Bertz CT molecular complexity index is 1620. The van der Waals surface area contributed by atoms with E-state index >= 15 is 0 Å². The minimum absolute atomic E-state index is 0.152.